The second-order valence-electron chi connectivity index (χ2n) is 8.29. The van der Waals surface area contributed by atoms with Crippen molar-refractivity contribution in [2.75, 3.05) is 13.1 Å². The lowest BCUT2D eigenvalue weighted by Crippen LogP contribution is -2.53. The van der Waals surface area contributed by atoms with Gasteiger partial charge in [-0.3, -0.25) is 14.4 Å². The van der Waals surface area contributed by atoms with E-state index in [0.717, 1.165) is 14.7 Å². The van der Waals surface area contributed by atoms with Crippen LogP contribution in [0, 0.1) is 3.57 Å². The average molecular weight is 610 g/mol. The van der Waals surface area contributed by atoms with Gasteiger partial charge in [0.05, 0.1) is 12.6 Å². The van der Waals surface area contributed by atoms with Crippen molar-refractivity contribution < 1.29 is 29.4 Å². The van der Waals surface area contributed by atoms with Gasteiger partial charge in [-0.2, -0.15) is 0 Å². The third-order valence-corrected chi connectivity index (χ3v) is 6.21. The highest BCUT2D eigenvalue weighted by atomic mass is 127. The highest BCUT2D eigenvalue weighted by molar-refractivity contribution is 14.1. The maximum Gasteiger partial charge on any atom is 0.326 e. The first kappa shape index (κ1) is 29.0. The molecule has 0 radical (unpaired) electrons. The molecule has 36 heavy (non-hydrogen) atoms. The summed E-state index contributed by atoms with van der Waals surface area (Å²) in [6, 6.07) is 10.7. The first-order valence-electron chi connectivity index (χ1n) is 11.4. The first-order valence-corrected chi connectivity index (χ1v) is 12.5. The van der Waals surface area contributed by atoms with Gasteiger partial charge in [0.25, 0.3) is 0 Å². The molecule has 0 heterocycles. The molecule has 0 saturated carbocycles. The summed E-state index contributed by atoms with van der Waals surface area (Å²) in [5.41, 5.74) is 7.46. The molecule has 0 aliphatic rings. The van der Waals surface area contributed by atoms with E-state index in [1.807, 2.05) is 18.2 Å². The summed E-state index contributed by atoms with van der Waals surface area (Å²) in [4.78, 5) is 50.7. The number of halogens is 1. The Labute approximate surface area is 223 Å². The second kappa shape index (κ2) is 13.8. The Kier molecular flexibility index (Phi) is 11.1. The topological polar surface area (TPSA) is 162 Å². The minimum atomic E-state index is -1.14. The van der Waals surface area contributed by atoms with Crippen molar-refractivity contribution in [1.82, 2.24) is 15.5 Å². The number of amides is 3. The number of phenols is 1. The predicted octanol–water partition coefficient (Wildman–Crippen LogP) is 1.03. The van der Waals surface area contributed by atoms with Crippen molar-refractivity contribution in [3.05, 3.63) is 63.2 Å². The van der Waals surface area contributed by atoms with Gasteiger partial charge in [0.1, 0.15) is 17.8 Å². The molecule has 0 bridgehead atoms. The molecule has 11 heteroatoms. The Balaban J connectivity index is 1.91. The van der Waals surface area contributed by atoms with Gasteiger partial charge < -0.3 is 31.5 Å². The lowest BCUT2D eigenvalue weighted by molar-refractivity contribution is -0.150. The van der Waals surface area contributed by atoms with Crippen LogP contribution < -0.4 is 16.4 Å². The number of nitrogens with two attached hydrogens (primary N) is 1. The second-order valence-corrected chi connectivity index (χ2v) is 9.54. The van der Waals surface area contributed by atoms with Crippen molar-refractivity contribution >= 4 is 46.3 Å². The number of hydrogen-bond acceptors (Lipinski definition) is 6. The number of benzene rings is 2. The van der Waals surface area contributed by atoms with E-state index in [1.54, 1.807) is 25.1 Å². The fourth-order valence-corrected chi connectivity index (χ4v) is 4.18. The maximum atomic E-state index is 12.8. The molecule has 2 rings (SSSR count). The minimum Gasteiger partial charge on any atom is -0.508 e. The van der Waals surface area contributed by atoms with E-state index in [1.165, 1.54) is 24.0 Å². The number of likely N-dealkylation sites (N-methyl/N-ethyl adjacent to an activating group) is 1. The summed E-state index contributed by atoms with van der Waals surface area (Å²) in [7, 11) is 0. The number of carboxylic acid groups (broad SMARTS) is 1. The molecule has 10 nitrogen and oxygen atoms in total. The molecule has 2 aromatic rings. The number of aliphatic carboxylic acids is 1. The Morgan fingerprint density at radius 1 is 1.03 bits per heavy atom. The molecule has 0 fully saturated rings. The third-order valence-electron chi connectivity index (χ3n) is 5.54. The number of rotatable bonds is 12. The Bertz CT molecular complexity index is 1080. The molecule has 3 amide bonds. The molecule has 0 spiro atoms. The van der Waals surface area contributed by atoms with Crippen LogP contribution in [0.2, 0.25) is 0 Å². The van der Waals surface area contributed by atoms with E-state index >= 15 is 0 Å². The van der Waals surface area contributed by atoms with Crippen LogP contribution in [0.25, 0.3) is 0 Å². The normalized spacial score (nSPS) is 13.2. The number of carbonyl (C=O) groups excluding carboxylic acids is 3. The van der Waals surface area contributed by atoms with E-state index in [2.05, 4.69) is 33.2 Å². The number of nitrogens with one attached hydrogen (secondary N) is 2. The number of phenolic OH excluding ortho intramolecular Hbond substituents is 1. The van der Waals surface area contributed by atoms with Gasteiger partial charge in [0.15, 0.2) is 0 Å². The lowest BCUT2D eigenvalue weighted by Gasteiger charge is -2.28. The van der Waals surface area contributed by atoms with Crippen molar-refractivity contribution in [2.24, 2.45) is 5.73 Å². The molecular weight excluding hydrogens is 579 g/mol. The molecule has 0 saturated heterocycles. The zero-order valence-electron chi connectivity index (χ0n) is 20.1. The smallest absolute Gasteiger partial charge is 0.326 e. The largest absolute Gasteiger partial charge is 0.508 e. The molecule has 0 unspecified atom stereocenters. The molecule has 0 aliphatic carbocycles. The Morgan fingerprint density at radius 3 is 2.28 bits per heavy atom. The van der Waals surface area contributed by atoms with Crippen molar-refractivity contribution in [3.8, 4) is 5.75 Å². The molecule has 0 aliphatic heterocycles. The Morgan fingerprint density at radius 2 is 1.69 bits per heavy atom. The summed E-state index contributed by atoms with van der Waals surface area (Å²) in [5.74, 6) is -2.74. The lowest BCUT2D eigenvalue weighted by atomic mass is 10.0. The predicted molar refractivity (Wildman–Crippen MR) is 142 cm³/mol. The van der Waals surface area contributed by atoms with Gasteiger partial charge >= 0.3 is 5.97 Å². The van der Waals surface area contributed by atoms with Crippen molar-refractivity contribution in [3.63, 3.8) is 0 Å². The maximum absolute atomic E-state index is 12.8. The van der Waals surface area contributed by atoms with Gasteiger partial charge in [0, 0.05) is 16.5 Å². The van der Waals surface area contributed by atoms with Gasteiger partial charge in [-0.1, -0.05) is 24.3 Å². The van der Waals surface area contributed by atoms with E-state index in [0.29, 0.717) is 0 Å². The van der Waals surface area contributed by atoms with Crippen LogP contribution in [-0.4, -0.2) is 70.0 Å². The number of nitrogens with zero attached hydrogens (tertiary/aromatic N) is 1. The van der Waals surface area contributed by atoms with E-state index < -0.39 is 48.4 Å². The van der Waals surface area contributed by atoms with Gasteiger partial charge in [-0.25, -0.2) is 4.79 Å². The molecule has 2 aromatic carbocycles. The molecule has 6 N–H and O–H groups in total. The van der Waals surface area contributed by atoms with Crippen LogP contribution in [0.15, 0.2) is 48.5 Å². The van der Waals surface area contributed by atoms with E-state index in [4.69, 9.17) is 5.73 Å². The molecule has 194 valence electrons. The van der Waals surface area contributed by atoms with Crippen LogP contribution in [0.5, 0.6) is 5.75 Å². The fourth-order valence-electron chi connectivity index (χ4n) is 3.57. The fraction of sp³-hybridized carbons (Fsp3) is 0.360. The van der Waals surface area contributed by atoms with E-state index in [9.17, 15) is 29.4 Å². The quantitative estimate of drug-likeness (QED) is 0.224. The van der Waals surface area contributed by atoms with Crippen LogP contribution in [0.1, 0.15) is 25.0 Å². The molecular formula is C25H31IN4O6. The van der Waals surface area contributed by atoms with Crippen LogP contribution >= 0.6 is 22.6 Å². The summed E-state index contributed by atoms with van der Waals surface area (Å²) in [6.45, 7) is 2.86. The number of aromatic hydroxyl groups is 1. The van der Waals surface area contributed by atoms with Crippen LogP contribution in [-0.2, 0) is 32.0 Å². The zero-order chi connectivity index (χ0) is 26.8. The summed E-state index contributed by atoms with van der Waals surface area (Å²) < 4.78 is 0.953. The number of hydrogen-bond donors (Lipinski definition) is 5. The van der Waals surface area contributed by atoms with Gasteiger partial charge in [-0.05, 0) is 78.3 Å². The van der Waals surface area contributed by atoms with Crippen LogP contribution in [0.3, 0.4) is 0 Å². The minimum absolute atomic E-state index is 0.0998. The standard InChI is InChI=1S/C25H31IN4O6/c1-3-30(21(25(35)36)13-17-5-4-6-18(26)11-17)22(32)14-28-23(33)15(2)29-24(34)20(27)12-16-7-9-19(31)10-8-16/h4-11,15,20-21,31H,3,12-14,27H2,1-2H3,(H,28,33)(H,29,34)(H,35,36)/t15-,20+,21+/m1/s1. The van der Waals surface area contributed by atoms with Gasteiger partial charge in [0.2, 0.25) is 17.7 Å². The van der Waals surface area contributed by atoms with Crippen molar-refractivity contribution in [1.29, 1.82) is 0 Å². The first-order chi connectivity index (χ1) is 17.0. The third kappa shape index (κ3) is 8.79. The molecule has 0 aromatic heterocycles. The summed E-state index contributed by atoms with van der Waals surface area (Å²) >= 11 is 2.13. The van der Waals surface area contributed by atoms with E-state index in [-0.39, 0.29) is 25.1 Å². The monoisotopic (exact) mass is 610 g/mol. The number of carbonyl (C=O) groups is 4. The zero-order valence-corrected chi connectivity index (χ0v) is 22.3. The van der Waals surface area contributed by atoms with Gasteiger partial charge in [-0.15, -0.1) is 0 Å². The van der Waals surface area contributed by atoms with Crippen molar-refractivity contribution in [2.45, 2.75) is 44.8 Å². The highest BCUT2D eigenvalue weighted by Crippen LogP contribution is 2.14. The van der Waals surface area contributed by atoms with Crippen LogP contribution in [0.4, 0.5) is 0 Å². The summed E-state index contributed by atoms with van der Waals surface area (Å²) in [5, 5.41) is 24.0. The number of carboxylic acids is 1. The SMILES string of the molecule is CCN(C(=O)CNC(=O)[C@@H](C)NC(=O)[C@@H](N)Cc1ccc(O)cc1)[C@@H](Cc1cccc(I)c1)C(=O)O. The molecule has 3 atom stereocenters. The average Bonchev–Trinajstić information content (AvgIpc) is 2.83. The Hall–Kier alpha value is -3.19. The summed E-state index contributed by atoms with van der Waals surface area (Å²) in [6.07, 6.45) is 0.340. The highest BCUT2D eigenvalue weighted by Gasteiger charge is 2.29.